The smallest absolute Gasteiger partial charge is 0.279 e. The normalized spacial score (nSPS) is 13.1. The van der Waals surface area contributed by atoms with Gasteiger partial charge in [0.15, 0.2) is 5.17 Å². The van der Waals surface area contributed by atoms with Crippen LogP contribution in [-0.4, -0.2) is 21.7 Å². The molecule has 0 atom stereocenters. The molecule has 1 heterocycles. The average Bonchev–Trinajstić information content (AvgIpc) is 3.12. The molecule has 0 saturated carbocycles. The highest BCUT2D eigenvalue weighted by Gasteiger charge is 2.22. The van der Waals surface area contributed by atoms with Gasteiger partial charge in [0.1, 0.15) is 0 Å². The van der Waals surface area contributed by atoms with Gasteiger partial charge in [-0.25, -0.2) is 0 Å². The zero-order valence-corrected chi connectivity index (χ0v) is 23.7. The molecule has 38 heavy (non-hydrogen) atoms. The van der Waals surface area contributed by atoms with E-state index in [0.717, 1.165) is 30.4 Å². The zero-order chi connectivity index (χ0) is 26.4. The number of nitrogens with zero attached hydrogens (tertiary/aromatic N) is 2. The number of unbranched alkanes of at least 4 members (excludes halogenated alkanes) is 9. The van der Waals surface area contributed by atoms with E-state index in [9.17, 15) is 4.79 Å². The van der Waals surface area contributed by atoms with E-state index >= 15 is 0 Å². The molecule has 0 saturated heterocycles. The Hall–Kier alpha value is -2.85. The number of hydrogen-bond donors (Lipinski definition) is 0. The second-order valence-corrected chi connectivity index (χ2v) is 11.3. The van der Waals surface area contributed by atoms with E-state index < -0.39 is 0 Å². The van der Waals surface area contributed by atoms with E-state index in [2.05, 4.69) is 60.4 Å². The van der Waals surface area contributed by atoms with Crippen molar-refractivity contribution in [3.8, 4) is 11.1 Å². The van der Waals surface area contributed by atoms with Gasteiger partial charge in [0.05, 0.1) is 0 Å². The molecule has 0 aromatic heterocycles. The first-order chi connectivity index (χ1) is 18.8. The molecule has 1 aliphatic rings. The SMILES string of the molecule is CCCCCCCCCCCCSC(=NC(=O)c1ccccc1)N1Cc2ccccc2-c2ccccc2C1. The van der Waals surface area contributed by atoms with E-state index in [0.29, 0.717) is 5.56 Å². The summed E-state index contributed by atoms with van der Waals surface area (Å²) in [7, 11) is 0. The first-order valence-electron chi connectivity index (χ1n) is 14.5. The van der Waals surface area contributed by atoms with Crippen LogP contribution in [0.4, 0.5) is 0 Å². The predicted octanol–water partition coefficient (Wildman–Crippen LogP) is 9.52. The van der Waals surface area contributed by atoms with Gasteiger partial charge < -0.3 is 4.90 Å². The van der Waals surface area contributed by atoms with Crippen molar-refractivity contribution in [3.05, 3.63) is 95.6 Å². The number of hydrogen-bond acceptors (Lipinski definition) is 2. The van der Waals surface area contributed by atoms with Crippen LogP contribution in [0.2, 0.25) is 0 Å². The van der Waals surface area contributed by atoms with Gasteiger partial charge >= 0.3 is 0 Å². The molecule has 3 nitrogen and oxygen atoms in total. The summed E-state index contributed by atoms with van der Waals surface area (Å²) >= 11 is 1.74. The molecule has 0 radical (unpaired) electrons. The van der Waals surface area contributed by atoms with Crippen LogP contribution < -0.4 is 0 Å². The standard InChI is InChI=1S/C34H42N2OS/c1-2-3-4-5-6-7-8-9-10-18-25-38-34(35-33(37)28-19-12-11-13-20-28)36-26-29-21-14-16-23-31(29)32-24-17-15-22-30(32)27-36/h11-17,19-24H,2-10,18,25-27H2,1H3. The van der Waals surface area contributed by atoms with Gasteiger partial charge in [-0.2, -0.15) is 4.99 Å². The Morgan fingerprint density at radius 3 is 1.76 bits per heavy atom. The Balaban J connectivity index is 1.42. The summed E-state index contributed by atoms with van der Waals surface area (Å²) in [6.07, 6.45) is 13.3. The monoisotopic (exact) mass is 526 g/mol. The third-order valence-corrected chi connectivity index (χ3v) is 8.37. The number of carbonyl (C=O) groups is 1. The fourth-order valence-corrected chi connectivity index (χ4v) is 6.11. The summed E-state index contributed by atoms with van der Waals surface area (Å²) in [6, 6.07) is 26.7. The number of benzene rings is 3. The lowest BCUT2D eigenvalue weighted by molar-refractivity contribution is 0.100. The molecule has 200 valence electrons. The fourth-order valence-electron chi connectivity index (χ4n) is 5.12. The molecule has 4 rings (SSSR count). The third-order valence-electron chi connectivity index (χ3n) is 7.26. The summed E-state index contributed by atoms with van der Waals surface area (Å²) < 4.78 is 0. The number of thioether (sulfide) groups is 1. The van der Waals surface area contributed by atoms with Gasteiger partial charge in [-0.05, 0) is 40.8 Å². The largest absolute Gasteiger partial charge is 0.342 e. The average molecular weight is 527 g/mol. The van der Waals surface area contributed by atoms with Crippen molar-refractivity contribution in [2.24, 2.45) is 4.99 Å². The maximum atomic E-state index is 13.1. The van der Waals surface area contributed by atoms with Crippen molar-refractivity contribution in [2.75, 3.05) is 5.75 Å². The maximum Gasteiger partial charge on any atom is 0.279 e. The molecule has 0 spiro atoms. The van der Waals surface area contributed by atoms with Crippen molar-refractivity contribution < 1.29 is 4.79 Å². The molecular weight excluding hydrogens is 484 g/mol. The first-order valence-corrected chi connectivity index (χ1v) is 15.5. The van der Waals surface area contributed by atoms with Gasteiger partial charge in [-0.15, -0.1) is 0 Å². The third kappa shape index (κ3) is 8.33. The molecule has 3 aromatic rings. The van der Waals surface area contributed by atoms with E-state index in [4.69, 9.17) is 4.99 Å². The highest BCUT2D eigenvalue weighted by Crippen LogP contribution is 2.33. The van der Waals surface area contributed by atoms with Gasteiger partial charge in [-0.1, -0.05) is 143 Å². The van der Waals surface area contributed by atoms with Crippen molar-refractivity contribution in [1.29, 1.82) is 0 Å². The number of amidine groups is 1. The van der Waals surface area contributed by atoms with Crippen molar-refractivity contribution >= 4 is 22.8 Å². The maximum absolute atomic E-state index is 13.1. The predicted molar refractivity (Wildman–Crippen MR) is 164 cm³/mol. The first kappa shape index (κ1) is 28.2. The number of amides is 1. The lowest BCUT2D eigenvalue weighted by atomic mass is 9.97. The van der Waals surface area contributed by atoms with E-state index in [1.165, 1.54) is 80.0 Å². The number of rotatable bonds is 12. The number of fused-ring (bicyclic) bond motifs is 3. The quantitative estimate of drug-likeness (QED) is 0.134. The second kappa shape index (κ2) is 15.5. The van der Waals surface area contributed by atoms with Crippen LogP contribution >= 0.6 is 11.8 Å². The summed E-state index contributed by atoms with van der Waals surface area (Å²) in [5.74, 6) is 0.819. The van der Waals surface area contributed by atoms with Crippen LogP contribution in [0.25, 0.3) is 11.1 Å². The van der Waals surface area contributed by atoms with Crippen LogP contribution in [-0.2, 0) is 13.1 Å². The molecule has 0 N–H and O–H groups in total. The Labute approximate surface area is 233 Å². The van der Waals surface area contributed by atoms with E-state index in [-0.39, 0.29) is 5.91 Å². The highest BCUT2D eigenvalue weighted by molar-refractivity contribution is 8.13. The molecule has 1 aliphatic heterocycles. The van der Waals surface area contributed by atoms with Crippen LogP contribution in [0, 0.1) is 0 Å². The lowest BCUT2D eigenvalue weighted by Gasteiger charge is -2.24. The summed E-state index contributed by atoms with van der Waals surface area (Å²) in [6.45, 7) is 3.77. The number of carbonyl (C=O) groups excluding carboxylic acids is 1. The van der Waals surface area contributed by atoms with Crippen molar-refractivity contribution in [3.63, 3.8) is 0 Å². The minimum absolute atomic E-state index is 0.165. The van der Waals surface area contributed by atoms with Crippen LogP contribution in [0.5, 0.6) is 0 Å². The lowest BCUT2D eigenvalue weighted by Crippen LogP contribution is -2.28. The fraction of sp³-hybridized carbons (Fsp3) is 0.412. The molecule has 0 bridgehead atoms. The summed E-state index contributed by atoms with van der Waals surface area (Å²) in [4.78, 5) is 20.2. The van der Waals surface area contributed by atoms with Gasteiger partial charge in [0.25, 0.3) is 5.91 Å². The number of aliphatic imine (C=N–C) groups is 1. The molecule has 0 aliphatic carbocycles. The van der Waals surface area contributed by atoms with Crippen LogP contribution in [0.1, 0.15) is 92.6 Å². The summed E-state index contributed by atoms with van der Waals surface area (Å²) in [5.41, 5.74) is 5.74. The van der Waals surface area contributed by atoms with Gasteiger partial charge in [0, 0.05) is 24.4 Å². The van der Waals surface area contributed by atoms with Crippen molar-refractivity contribution in [2.45, 2.75) is 84.2 Å². The second-order valence-electron chi connectivity index (χ2n) is 10.3. The van der Waals surface area contributed by atoms with Crippen molar-refractivity contribution in [1.82, 2.24) is 4.90 Å². The van der Waals surface area contributed by atoms with Gasteiger partial charge in [-0.3, -0.25) is 4.79 Å². The zero-order valence-electron chi connectivity index (χ0n) is 22.9. The Morgan fingerprint density at radius 2 is 1.18 bits per heavy atom. The van der Waals surface area contributed by atoms with Crippen LogP contribution in [0.3, 0.4) is 0 Å². The summed E-state index contributed by atoms with van der Waals surface area (Å²) in [5, 5.41) is 0.835. The van der Waals surface area contributed by atoms with Gasteiger partial charge in [0.2, 0.25) is 0 Å². The highest BCUT2D eigenvalue weighted by atomic mass is 32.2. The Bertz CT molecular complexity index is 1130. The molecular formula is C34H42N2OS. The molecule has 3 aromatic carbocycles. The minimum Gasteiger partial charge on any atom is -0.342 e. The molecule has 4 heteroatoms. The van der Waals surface area contributed by atoms with Crippen LogP contribution in [0.15, 0.2) is 83.9 Å². The molecule has 0 fully saturated rings. The van der Waals surface area contributed by atoms with E-state index in [1.54, 1.807) is 11.8 Å². The Morgan fingerprint density at radius 1 is 0.684 bits per heavy atom. The topological polar surface area (TPSA) is 32.7 Å². The minimum atomic E-state index is -0.165. The molecule has 1 amide bonds. The molecule has 0 unspecified atom stereocenters. The van der Waals surface area contributed by atoms with E-state index in [1.807, 2.05) is 30.3 Å². The Kier molecular flexibility index (Phi) is 11.5.